The molecule has 0 atom stereocenters. The van der Waals surface area contributed by atoms with Gasteiger partial charge in [0.05, 0.1) is 25.5 Å². The topological polar surface area (TPSA) is 40.2 Å². The van der Waals surface area contributed by atoms with Crippen molar-refractivity contribution >= 4 is 0 Å². The molecule has 0 saturated carbocycles. The van der Waals surface area contributed by atoms with Crippen molar-refractivity contribution < 1.29 is 9.26 Å². The molecule has 2 heterocycles. The van der Waals surface area contributed by atoms with Crippen LogP contribution < -0.4 is 4.74 Å². The van der Waals surface area contributed by atoms with E-state index in [2.05, 4.69) is 58.4 Å². The van der Waals surface area contributed by atoms with Crippen molar-refractivity contribution in [2.24, 2.45) is 0 Å². The number of hydrogen-bond acceptors (Lipinski definition) is 3. The average molecular weight is 370 g/mol. The molecule has 0 spiro atoms. The van der Waals surface area contributed by atoms with Gasteiger partial charge in [-0.25, -0.2) is 0 Å². The number of methoxy groups -OCH3 is 1. The van der Waals surface area contributed by atoms with Crippen LogP contribution in [0.1, 0.15) is 23.1 Å². The molecule has 0 fully saturated rings. The lowest BCUT2D eigenvalue weighted by Gasteiger charge is -2.14. The van der Waals surface area contributed by atoms with Gasteiger partial charge in [0, 0.05) is 22.9 Å². The molecular weight excluding hydrogens is 348 g/mol. The number of aromatic nitrogens is 2. The number of aryl methyl sites for hydroxylation is 1. The first-order valence-corrected chi connectivity index (χ1v) is 9.68. The van der Waals surface area contributed by atoms with Crippen LogP contribution in [-0.4, -0.2) is 16.8 Å². The monoisotopic (exact) mass is 370 g/mol. The summed E-state index contributed by atoms with van der Waals surface area (Å²) < 4.78 is 13.6. The Kier molecular flexibility index (Phi) is 4.24. The number of fused-ring (bicyclic) bond motifs is 3. The van der Waals surface area contributed by atoms with Crippen molar-refractivity contribution in [2.45, 2.75) is 25.8 Å². The summed E-state index contributed by atoms with van der Waals surface area (Å²) in [6, 6.07) is 18.8. The molecule has 0 bridgehead atoms. The minimum atomic E-state index is 0.741. The third kappa shape index (κ3) is 2.82. The fourth-order valence-corrected chi connectivity index (χ4v) is 4.24. The van der Waals surface area contributed by atoms with Gasteiger partial charge in [0.25, 0.3) is 0 Å². The molecule has 2 aromatic heterocycles. The van der Waals surface area contributed by atoms with E-state index in [1.165, 1.54) is 27.9 Å². The Morgan fingerprint density at radius 3 is 2.71 bits per heavy atom. The number of ether oxygens (including phenoxy) is 1. The Balaban J connectivity index is 1.71. The van der Waals surface area contributed by atoms with Gasteiger partial charge in [-0.1, -0.05) is 53.7 Å². The summed E-state index contributed by atoms with van der Waals surface area (Å²) in [5.41, 5.74) is 7.35. The average Bonchev–Trinajstić information content (AvgIpc) is 3.30. The van der Waals surface area contributed by atoms with Gasteiger partial charge in [-0.15, -0.1) is 0 Å². The quantitative estimate of drug-likeness (QED) is 0.486. The van der Waals surface area contributed by atoms with Crippen LogP contribution in [0.5, 0.6) is 5.75 Å². The molecule has 0 aliphatic heterocycles. The van der Waals surface area contributed by atoms with Crippen molar-refractivity contribution in [3.05, 3.63) is 83.7 Å². The predicted octanol–water partition coefficient (Wildman–Crippen LogP) is 5.36. The van der Waals surface area contributed by atoms with Crippen LogP contribution in [0.3, 0.4) is 0 Å². The summed E-state index contributed by atoms with van der Waals surface area (Å²) in [6.45, 7) is 0.741. The van der Waals surface area contributed by atoms with Gasteiger partial charge in [-0.3, -0.25) is 0 Å². The maximum atomic E-state index is 5.67. The lowest BCUT2D eigenvalue weighted by molar-refractivity contribution is 0.408. The second-order valence-electron chi connectivity index (χ2n) is 7.21. The van der Waals surface area contributed by atoms with Crippen LogP contribution in [0.4, 0.5) is 0 Å². The second-order valence-corrected chi connectivity index (χ2v) is 7.21. The fraction of sp³-hybridized carbons (Fsp3) is 0.208. The van der Waals surface area contributed by atoms with Gasteiger partial charge in [0.1, 0.15) is 5.75 Å². The van der Waals surface area contributed by atoms with Gasteiger partial charge >= 0.3 is 0 Å². The number of para-hydroxylation sites is 1. The molecule has 5 rings (SSSR count). The summed E-state index contributed by atoms with van der Waals surface area (Å²) in [5.74, 6) is 1.83. The normalized spacial score (nSPS) is 12.9. The zero-order chi connectivity index (χ0) is 18.9. The molecule has 0 amide bonds. The highest BCUT2D eigenvalue weighted by atomic mass is 16.5. The summed E-state index contributed by atoms with van der Waals surface area (Å²) >= 11 is 0. The second kappa shape index (κ2) is 7.04. The first-order chi connectivity index (χ1) is 13.8. The Hall–Kier alpha value is -3.27. The molecule has 140 valence electrons. The van der Waals surface area contributed by atoms with E-state index < -0.39 is 0 Å². The van der Waals surface area contributed by atoms with Crippen molar-refractivity contribution in [1.29, 1.82) is 0 Å². The van der Waals surface area contributed by atoms with Gasteiger partial charge < -0.3 is 13.8 Å². The lowest BCUT2D eigenvalue weighted by atomic mass is 10.0. The molecular formula is C24H22N2O2. The van der Waals surface area contributed by atoms with E-state index in [0.29, 0.717) is 0 Å². The number of rotatable bonds is 4. The molecule has 0 N–H and O–H groups in total. The van der Waals surface area contributed by atoms with Crippen LogP contribution in [-0.2, 0) is 19.4 Å². The molecule has 1 aliphatic rings. The molecule has 0 saturated heterocycles. The summed E-state index contributed by atoms with van der Waals surface area (Å²) in [5, 5.41) is 4.06. The van der Waals surface area contributed by atoms with E-state index in [-0.39, 0.29) is 0 Å². The first-order valence-electron chi connectivity index (χ1n) is 9.68. The van der Waals surface area contributed by atoms with Gasteiger partial charge in [0.15, 0.2) is 5.76 Å². The van der Waals surface area contributed by atoms with Crippen molar-refractivity contribution in [3.63, 3.8) is 0 Å². The smallest absolute Gasteiger partial charge is 0.171 e. The zero-order valence-electron chi connectivity index (χ0n) is 15.9. The Morgan fingerprint density at radius 1 is 1.04 bits per heavy atom. The molecule has 4 heteroatoms. The van der Waals surface area contributed by atoms with Crippen molar-refractivity contribution in [3.8, 4) is 28.3 Å². The lowest BCUT2D eigenvalue weighted by Crippen LogP contribution is -2.03. The Morgan fingerprint density at radius 2 is 1.86 bits per heavy atom. The molecule has 4 aromatic rings. The number of nitrogens with zero attached hydrogens (tertiary/aromatic N) is 2. The van der Waals surface area contributed by atoms with E-state index in [1.807, 2.05) is 18.3 Å². The molecule has 28 heavy (non-hydrogen) atoms. The largest absolute Gasteiger partial charge is 0.496 e. The molecule has 0 unspecified atom stereocenters. The van der Waals surface area contributed by atoms with Crippen LogP contribution in [0.25, 0.3) is 22.6 Å². The van der Waals surface area contributed by atoms with Crippen molar-refractivity contribution in [1.82, 2.24) is 9.72 Å². The zero-order valence-corrected chi connectivity index (χ0v) is 15.9. The van der Waals surface area contributed by atoms with Crippen molar-refractivity contribution in [2.75, 3.05) is 7.11 Å². The highest BCUT2D eigenvalue weighted by Gasteiger charge is 2.25. The molecule has 1 aliphatic carbocycles. The number of benzene rings is 2. The van der Waals surface area contributed by atoms with Gasteiger partial charge in [-0.2, -0.15) is 0 Å². The van der Waals surface area contributed by atoms with Crippen LogP contribution in [0, 0.1) is 0 Å². The molecule has 4 nitrogen and oxygen atoms in total. The molecule has 2 aromatic carbocycles. The maximum absolute atomic E-state index is 5.67. The molecule has 0 radical (unpaired) electrons. The van der Waals surface area contributed by atoms with Gasteiger partial charge in [0.2, 0.25) is 0 Å². The summed E-state index contributed by atoms with van der Waals surface area (Å²) in [6.07, 6.45) is 7.22. The summed E-state index contributed by atoms with van der Waals surface area (Å²) in [7, 11) is 1.72. The Bertz CT molecular complexity index is 1110. The highest BCUT2D eigenvalue weighted by Crippen LogP contribution is 2.40. The predicted molar refractivity (Wildman–Crippen MR) is 109 cm³/mol. The SMILES string of the molecule is COc1ccccc1Cn1cc2c(c1-c1ccccc1)CCCc1cnoc1-2. The fourth-order valence-electron chi connectivity index (χ4n) is 4.24. The Labute approximate surface area is 164 Å². The minimum absolute atomic E-state index is 0.741. The van der Waals surface area contributed by atoms with E-state index in [1.54, 1.807) is 7.11 Å². The summed E-state index contributed by atoms with van der Waals surface area (Å²) in [4.78, 5) is 0. The van der Waals surface area contributed by atoms with Crippen LogP contribution in [0.15, 0.2) is 71.5 Å². The van der Waals surface area contributed by atoms with E-state index in [0.717, 1.165) is 42.9 Å². The first kappa shape index (κ1) is 16.9. The van der Waals surface area contributed by atoms with Crippen LogP contribution >= 0.6 is 0 Å². The highest BCUT2D eigenvalue weighted by molar-refractivity contribution is 5.77. The van der Waals surface area contributed by atoms with E-state index in [9.17, 15) is 0 Å². The maximum Gasteiger partial charge on any atom is 0.171 e. The standard InChI is InChI=1S/C24H22N2O2/c1-27-22-13-6-5-10-19(22)15-26-16-21-20(23(26)17-8-3-2-4-9-17)12-7-11-18-14-25-28-24(18)21/h2-6,8-10,13-14,16H,7,11-12,15H2,1H3. The third-order valence-corrected chi connectivity index (χ3v) is 5.53. The van der Waals surface area contributed by atoms with E-state index >= 15 is 0 Å². The number of hydrogen-bond donors (Lipinski definition) is 0. The third-order valence-electron chi connectivity index (χ3n) is 5.53. The minimum Gasteiger partial charge on any atom is -0.496 e. The van der Waals surface area contributed by atoms with Gasteiger partial charge in [-0.05, 0) is 36.5 Å². The van der Waals surface area contributed by atoms with Crippen LogP contribution in [0.2, 0.25) is 0 Å². The van der Waals surface area contributed by atoms with E-state index in [4.69, 9.17) is 9.26 Å².